The van der Waals surface area contributed by atoms with Crippen LogP contribution in [0.4, 0.5) is 4.39 Å². The lowest BCUT2D eigenvalue weighted by Gasteiger charge is -2.25. The lowest BCUT2D eigenvalue weighted by atomic mass is 9.81. The van der Waals surface area contributed by atoms with Crippen molar-refractivity contribution in [2.24, 2.45) is 0 Å². The second kappa shape index (κ2) is 4.68. The maximum atomic E-state index is 13.4. The summed E-state index contributed by atoms with van der Waals surface area (Å²) in [4.78, 5) is 24.3. The number of dihydropyridines is 1. The highest BCUT2D eigenvalue weighted by molar-refractivity contribution is 6.30. The molecule has 0 saturated carbocycles. The Morgan fingerprint density at radius 3 is 2.77 bits per heavy atom. The lowest BCUT2D eigenvalue weighted by molar-refractivity contribution is -0.136. The smallest absolute Gasteiger partial charge is 0.337 e. The van der Waals surface area contributed by atoms with E-state index in [1.165, 1.54) is 12.1 Å². The van der Waals surface area contributed by atoms with Gasteiger partial charge in [0.2, 0.25) is 0 Å². The zero-order chi connectivity index (χ0) is 15.4. The molecule has 0 radical (unpaired) electrons. The van der Waals surface area contributed by atoms with E-state index in [1.807, 2.05) is 0 Å². The highest BCUT2D eigenvalue weighted by Gasteiger charge is 2.43. The molecule has 2 aliphatic heterocycles. The molecule has 6 heteroatoms. The number of hydrogen-bond donors (Lipinski definition) is 1. The lowest BCUT2D eigenvalue weighted by Crippen LogP contribution is -2.26. The van der Waals surface area contributed by atoms with Crippen molar-refractivity contribution in [3.05, 3.63) is 57.1 Å². The molecular weight excluding hydrogens is 309 g/mol. The zero-order valence-electron chi connectivity index (χ0n) is 11.4. The van der Waals surface area contributed by atoms with Gasteiger partial charge in [0.15, 0.2) is 5.78 Å². The molecular formula is C16H11ClFNO3. The molecule has 1 N–H and O–H groups in total. The van der Waals surface area contributed by atoms with Gasteiger partial charge in [0.1, 0.15) is 12.4 Å². The molecule has 1 aromatic rings. The van der Waals surface area contributed by atoms with Gasteiger partial charge >= 0.3 is 5.97 Å². The average molecular weight is 320 g/mol. The van der Waals surface area contributed by atoms with E-state index in [0.717, 1.165) is 5.70 Å². The highest BCUT2D eigenvalue weighted by atomic mass is 35.5. The number of carbonyl (C=O) groups is 2. The van der Waals surface area contributed by atoms with Crippen LogP contribution in [0.25, 0.3) is 0 Å². The van der Waals surface area contributed by atoms with Gasteiger partial charge in [-0.25, -0.2) is 9.18 Å². The van der Waals surface area contributed by atoms with Gasteiger partial charge < -0.3 is 10.1 Å². The number of ketones is 1. The van der Waals surface area contributed by atoms with Gasteiger partial charge in [-0.15, -0.1) is 0 Å². The van der Waals surface area contributed by atoms with Crippen molar-refractivity contribution >= 4 is 23.4 Å². The van der Waals surface area contributed by atoms with Gasteiger partial charge in [0.05, 0.1) is 16.3 Å². The Morgan fingerprint density at radius 1 is 1.18 bits per heavy atom. The Kier molecular flexibility index (Phi) is 2.87. The summed E-state index contributed by atoms with van der Waals surface area (Å²) in [6.07, 6.45) is 1.03. The Balaban J connectivity index is 1.91. The van der Waals surface area contributed by atoms with Crippen LogP contribution in [0.5, 0.6) is 0 Å². The molecule has 0 saturated heterocycles. The van der Waals surface area contributed by atoms with Crippen LogP contribution >= 0.6 is 11.6 Å². The van der Waals surface area contributed by atoms with E-state index >= 15 is 0 Å². The molecule has 0 bridgehead atoms. The van der Waals surface area contributed by atoms with E-state index < -0.39 is 17.7 Å². The number of benzene rings is 1. The normalized spacial score (nSPS) is 23.5. The molecule has 3 aliphatic rings. The number of nitrogens with one attached hydrogen (secondary N) is 1. The third kappa shape index (κ3) is 1.82. The summed E-state index contributed by atoms with van der Waals surface area (Å²) in [5.74, 6) is -1.51. The fourth-order valence-electron chi connectivity index (χ4n) is 3.30. The first-order valence-electron chi connectivity index (χ1n) is 6.94. The standard InChI is InChI=1S/C16H11ClFNO3/c17-8-5-7(1-2-9(8)18)13-14-10(3-4-12(14)20)19-11-6-22-16(21)15(11)13/h1-2,5,13,19H,3-4,6H2. The van der Waals surface area contributed by atoms with Crippen molar-refractivity contribution in [1.82, 2.24) is 5.32 Å². The molecule has 0 fully saturated rings. The maximum Gasteiger partial charge on any atom is 0.337 e. The number of rotatable bonds is 1. The molecule has 4 nitrogen and oxygen atoms in total. The molecule has 0 aromatic heterocycles. The van der Waals surface area contributed by atoms with Gasteiger partial charge in [0, 0.05) is 23.6 Å². The third-order valence-electron chi connectivity index (χ3n) is 4.28. The quantitative estimate of drug-likeness (QED) is 0.808. The number of halogens is 2. The number of esters is 1. The predicted octanol–water partition coefficient (Wildman–Crippen LogP) is 2.59. The summed E-state index contributed by atoms with van der Waals surface area (Å²) in [5.41, 5.74) is 3.13. The second-order valence-corrected chi connectivity index (χ2v) is 5.92. The molecule has 112 valence electrons. The number of carbonyl (C=O) groups excluding carboxylic acids is 2. The van der Waals surface area contributed by atoms with E-state index in [9.17, 15) is 14.0 Å². The minimum Gasteiger partial charge on any atom is -0.456 e. The largest absolute Gasteiger partial charge is 0.456 e. The van der Waals surface area contributed by atoms with Crippen molar-refractivity contribution in [3.8, 4) is 0 Å². The first kappa shape index (κ1) is 13.5. The molecule has 1 unspecified atom stereocenters. The molecule has 22 heavy (non-hydrogen) atoms. The number of allylic oxidation sites excluding steroid dienone is 2. The van der Waals surface area contributed by atoms with Crippen LogP contribution in [0.1, 0.15) is 24.3 Å². The summed E-state index contributed by atoms with van der Waals surface area (Å²) < 4.78 is 18.5. The molecule has 0 spiro atoms. The Labute approximate surface area is 130 Å². The second-order valence-electron chi connectivity index (χ2n) is 5.52. The van der Waals surface area contributed by atoms with Gasteiger partial charge in [0.25, 0.3) is 0 Å². The van der Waals surface area contributed by atoms with Gasteiger partial charge in [-0.05, 0) is 24.1 Å². The summed E-state index contributed by atoms with van der Waals surface area (Å²) in [6, 6.07) is 4.28. The van der Waals surface area contributed by atoms with E-state index in [2.05, 4.69) is 5.32 Å². The van der Waals surface area contributed by atoms with Crippen LogP contribution in [0.3, 0.4) is 0 Å². The van der Waals surface area contributed by atoms with E-state index in [0.29, 0.717) is 35.2 Å². The molecule has 1 aromatic carbocycles. The topological polar surface area (TPSA) is 55.4 Å². The SMILES string of the molecule is O=C1CCC2=C1C(c1ccc(F)c(Cl)c1)C1=C(COC1=O)N2. The number of ether oxygens (including phenoxy) is 1. The molecule has 4 rings (SSSR count). The van der Waals surface area contributed by atoms with Crippen molar-refractivity contribution < 1.29 is 18.7 Å². The summed E-state index contributed by atoms with van der Waals surface area (Å²) in [5, 5.41) is 3.12. The summed E-state index contributed by atoms with van der Waals surface area (Å²) in [6.45, 7) is 0.171. The maximum absolute atomic E-state index is 13.4. The molecule has 1 aliphatic carbocycles. The fourth-order valence-corrected chi connectivity index (χ4v) is 3.49. The first-order chi connectivity index (χ1) is 10.6. The third-order valence-corrected chi connectivity index (χ3v) is 4.57. The van der Waals surface area contributed by atoms with Crippen LogP contribution in [0.15, 0.2) is 40.7 Å². The minimum atomic E-state index is -0.533. The summed E-state index contributed by atoms with van der Waals surface area (Å²) in [7, 11) is 0. The number of Topliss-reactive ketones (excluding diaryl/α,β-unsaturated/α-hetero) is 1. The Bertz CT molecular complexity index is 757. The van der Waals surface area contributed by atoms with Crippen LogP contribution in [-0.4, -0.2) is 18.4 Å². The predicted molar refractivity (Wildman–Crippen MR) is 76.5 cm³/mol. The van der Waals surface area contributed by atoms with Crippen LogP contribution < -0.4 is 5.32 Å². The first-order valence-corrected chi connectivity index (χ1v) is 7.32. The molecule has 0 amide bonds. The van der Waals surface area contributed by atoms with E-state index in [-0.39, 0.29) is 17.4 Å². The van der Waals surface area contributed by atoms with Gasteiger partial charge in [-0.3, -0.25) is 4.79 Å². The molecule has 2 heterocycles. The van der Waals surface area contributed by atoms with Crippen molar-refractivity contribution in [3.63, 3.8) is 0 Å². The van der Waals surface area contributed by atoms with Crippen LogP contribution in [-0.2, 0) is 14.3 Å². The van der Waals surface area contributed by atoms with Gasteiger partial charge in [-0.1, -0.05) is 17.7 Å². The Hall–Kier alpha value is -2.14. The van der Waals surface area contributed by atoms with Crippen molar-refractivity contribution in [2.45, 2.75) is 18.8 Å². The number of hydrogen-bond acceptors (Lipinski definition) is 4. The van der Waals surface area contributed by atoms with Crippen molar-refractivity contribution in [1.29, 1.82) is 0 Å². The van der Waals surface area contributed by atoms with Crippen molar-refractivity contribution in [2.75, 3.05) is 6.61 Å². The number of cyclic esters (lactones) is 1. The van der Waals surface area contributed by atoms with Crippen LogP contribution in [0.2, 0.25) is 5.02 Å². The fraction of sp³-hybridized carbons (Fsp3) is 0.250. The van der Waals surface area contributed by atoms with Gasteiger partial charge in [-0.2, -0.15) is 0 Å². The zero-order valence-corrected chi connectivity index (χ0v) is 12.2. The molecule has 1 atom stereocenters. The summed E-state index contributed by atoms with van der Waals surface area (Å²) >= 11 is 5.87. The van der Waals surface area contributed by atoms with E-state index in [4.69, 9.17) is 16.3 Å². The minimum absolute atomic E-state index is 0.000743. The Morgan fingerprint density at radius 2 is 2.00 bits per heavy atom. The van der Waals surface area contributed by atoms with Crippen LogP contribution in [0, 0.1) is 5.82 Å². The highest BCUT2D eigenvalue weighted by Crippen LogP contribution is 2.45. The average Bonchev–Trinajstić information content (AvgIpc) is 3.05. The monoisotopic (exact) mass is 319 g/mol. The van der Waals surface area contributed by atoms with E-state index in [1.54, 1.807) is 6.07 Å².